The van der Waals surface area contributed by atoms with Gasteiger partial charge in [-0.2, -0.15) is 0 Å². The van der Waals surface area contributed by atoms with Crippen LogP contribution < -0.4 is 11.1 Å². The fraction of sp³-hybridized carbons (Fsp3) is 0.462. The van der Waals surface area contributed by atoms with E-state index in [1.54, 1.807) is 25.4 Å². The first-order valence-electron chi connectivity index (χ1n) is 6.43. The number of anilines is 1. The van der Waals surface area contributed by atoms with Gasteiger partial charge >= 0.3 is 0 Å². The SMILES string of the molecule is CN(CC(=O)NC1CC1)C(=O)CSc1ncccc1N. The van der Waals surface area contributed by atoms with E-state index in [1.807, 2.05) is 0 Å². The van der Waals surface area contributed by atoms with Gasteiger partial charge in [0.25, 0.3) is 0 Å². The highest BCUT2D eigenvalue weighted by molar-refractivity contribution is 8.00. The van der Waals surface area contributed by atoms with E-state index >= 15 is 0 Å². The molecule has 7 heteroatoms. The highest BCUT2D eigenvalue weighted by atomic mass is 32.2. The lowest BCUT2D eigenvalue weighted by molar-refractivity contribution is -0.132. The van der Waals surface area contributed by atoms with E-state index in [-0.39, 0.29) is 24.1 Å². The molecular formula is C13H18N4O2S. The second kappa shape index (κ2) is 6.60. The number of pyridine rings is 1. The Hall–Kier alpha value is -1.76. The van der Waals surface area contributed by atoms with Crippen molar-refractivity contribution < 1.29 is 9.59 Å². The topological polar surface area (TPSA) is 88.3 Å². The summed E-state index contributed by atoms with van der Waals surface area (Å²) in [7, 11) is 1.62. The first kappa shape index (κ1) is 14.6. The molecule has 0 aromatic carbocycles. The number of nitrogen functional groups attached to an aromatic ring is 1. The van der Waals surface area contributed by atoms with Gasteiger partial charge in [0.15, 0.2) is 0 Å². The third kappa shape index (κ3) is 4.41. The molecule has 0 spiro atoms. The number of likely N-dealkylation sites (N-methyl/N-ethyl adjacent to an activating group) is 1. The highest BCUT2D eigenvalue weighted by Gasteiger charge is 2.24. The summed E-state index contributed by atoms with van der Waals surface area (Å²) in [5.41, 5.74) is 6.31. The predicted octanol–water partition coefficient (Wildman–Crippen LogP) is 0.493. The Balaban J connectivity index is 1.75. The molecule has 2 rings (SSSR count). The van der Waals surface area contributed by atoms with Crippen LogP contribution in [0.2, 0.25) is 0 Å². The van der Waals surface area contributed by atoms with Crippen molar-refractivity contribution in [3.8, 4) is 0 Å². The summed E-state index contributed by atoms with van der Waals surface area (Å²) < 4.78 is 0. The Kier molecular flexibility index (Phi) is 4.84. The Morgan fingerprint density at radius 1 is 1.55 bits per heavy atom. The maximum atomic E-state index is 11.9. The minimum absolute atomic E-state index is 0.0909. The van der Waals surface area contributed by atoms with Gasteiger partial charge in [-0.1, -0.05) is 11.8 Å². The number of hydrogen-bond acceptors (Lipinski definition) is 5. The number of nitrogens with zero attached hydrogens (tertiary/aromatic N) is 2. The van der Waals surface area contributed by atoms with Crippen LogP contribution in [-0.4, -0.2) is 47.1 Å². The van der Waals surface area contributed by atoms with Crippen LogP contribution in [0.4, 0.5) is 5.69 Å². The molecule has 0 atom stereocenters. The summed E-state index contributed by atoms with van der Waals surface area (Å²) in [5, 5.41) is 3.49. The fourth-order valence-corrected chi connectivity index (χ4v) is 2.42. The molecule has 1 aromatic heterocycles. The van der Waals surface area contributed by atoms with E-state index in [4.69, 9.17) is 5.73 Å². The summed E-state index contributed by atoms with van der Waals surface area (Å²) in [6, 6.07) is 3.80. The Labute approximate surface area is 122 Å². The molecule has 3 N–H and O–H groups in total. The van der Waals surface area contributed by atoms with Crippen LogP contribution in [0.15, 0.2) is 23.4 Å². The van der Waals surface area contributed by atoms with Crippen molar-refractivity contribution in [1.29, 1.82) is 0 Å². The standard InChI is InChI=1S/C13H18N4O2S/c1-17(7-11(18)16-9-4-5-9)12(19)8-20-13-10(14)3-2-6-15-13/h2-3,6,9H,4-5,7-8,14H2,1H3,(H,16,18). The van der Waals surface area contributed by atoms with Gasteiger partial charge in [-0.15, -0.1) is 0 Å². The van der Waals surface area contributed by atoms with E-state index in [0.717, 1.165) is 12.8 Å². The number of rotatable bonds is 6. The molecule has 1 saturated carbocycles. The minimum Gasteiger partial charge on any atom is -0.397 e. The van der Waals surface area contributed by atoms with Crippen LogP contribution in [0, 0.1) is 0 Å². The van der Waals surface area contributed by atoms with E-state index < -0.39 is 0 Å². The van der Waals surface area contributed by atoms with Gasteiger partial charge in [0.05, 0.1) is 18.0 Å². The highest BCUT2D eigenvalue weighted by Crippen LogP contribution is 2.21. The molecule has 0 unspecified atom stereocenters. The molecule has 20 heavy (non-hydrogen) atoms. The van der Waals surface area contributed by atoms with E-state index in [9.17, 15) is 9.59 Å². The molecule has 0 aliphatic heterocycles. The van der Waals surface area contributed by atoms with Crippen molar-refractivity contribution in [1.82, 2.24) is 15.2 Å². The number of aromatic nitrogens is 1. The van der Waals surface area contributed by atoms with Gasteiger partial charge in [-0.05, 0) is 25.0 Å². The summed E-state index contributed by atoms with van der Waals surface area (Å²) in [6.07, 6.45) is 3.71. The summed E-state index contributed by atoms with van der Waals surface area (Å²) >= 11 is 1.28. The van der Waals surface area contributed by atoms with Crippen molar-refractivity contribution in [2.45, 2.75) is 23.9 Å². The average Bonchev–Trinajstić information content (AvgIpc) is 3.21. The lowest BCUT2D eigenvalue weighted by atomic mass is 10.4. The number of thioether (sulfide) groups is 1. The van der Waals surface area contributed by atoms with Gasteiger partial charge in [0.1, 0.15) is 5.03 Å². The van der Waals surface area contributed by atoms with Gasteiger partial charge in [-0.3, -0.25) is 9.59 Å². The lowest BCUT2D eigenvalue weighted by Crippen LogP contribution is -2.39. The zero-order valence-electron chi connectivity index (χ0n) is 11.3. The lowest BCUT2D eigenvalue weighted by Gasteiger charge is -2.16. The smallest absolute Gasteiger partial charge is 0.239 e. The molecule has 1 aliphatic carbocycles. The summed E-state index contributed by atoms with van der Waals surface area (Å²) in [6.45, 7) is 0.0909. The van der Waals surface area contributed by atoms with Gasteiger partial charge in [-0.25, -0.2) is 4.98 Å². The van der Waals surface area contributed by atoms with Gasteiger partial charge < -0.3 is 16.0 Å². The van der Waals surface area contributed by atoms with Crippen molar-refractivity contribution in [3.05, 3.63) is 18.3 Å². The Morgan fingerprint density at radius 2 is 2.30 bits per heavy atom. The van der Waals surface area contributed by atoms with E-state index in [2.05, 4.69) is 10.3 Å². The number of nitrogens with two attached hydrogens (primary N) is 1. The fourth-order valence-electron chi connectivity index (χ4n) is 1.57. The zero-order chi connectivity index (χ0) is 14.5. The summed E-state index contributed by atoms with van der Waals surface area (Å²) in [4.78, 5) is 29.0. The van der Waals surface area contributed by atoms with E-state index in [1.165, 1.54) is 16.7 Å². The molecule has 0 saturated heterocycles. The minimum atomic E-state index is -0.119. The van der Waals surface area contributed by atoms with Crippen molar-refractivity contribution >= 4 is 29.3 Å². The van der Waals surface area contributed by atoms with Crippen molar-refractivity contribution in [2.75, 3.05) is 25.1 Å². The second-order valence-electron chi connectivity index (χ2n) is 4.78. The van der Waals surface area contributed by atoms with Crippen LogP contribution in [-0.2, 0) is 9.59 Å². The molecular weight excluding hydrogens is 276 g/mol. The van der Waals surface area contributed by atoms with Crippen LogP contribution >= 0.6 is 11.8 Å². The van der Waals surface area contributed by atoms with Crippen LogP contribution in [0.1, 0.15) is 12.8 Å². The predicted molar refractivity (Wildman–Crippen MR) is 78.2 cm³/mol. The number of amides is 2. The normalized spacial score (nSPS) is 13.8. The molecule has 1 aliphatic rings. The number of hydrogen-bond donors (Lipinski definition) is 2. The Morgan fingerprint density at radius 3 is 2.95 bits per heavy atom. The van der Waals surface area contributed by atoms with Gasteiger partial charge in [0, 0.05) is 19.3 Å². The molecule has 0 radical (unpaired) electrons. The van der Waals surface area contributed by atoms with Crippen molar-refractivity contribution in [3.63, 3.8) is 0 Å². The third-order valence-corrected chi connectivity index (χ3v) is 3.89. The summed E-state index contributed by atoms with van der Waals surface area (Å²) in [5.74, 6) is -0.00859. The first-order valence-corrected chi connectivity index (χ1v) is 7.41. The number of nitrogens with one attached hydrogen (secondary N) is 1. The van der Waals surface area contributed by atoms with Crippen molar-refractivity contribution in [2.24, 2.45) is 0 Å². The molecule has 1 fully saturated rings. The number of carbonyl (C=O) groups is 2. The maximum Gasteiger partial charge on any atom is 0.239 e. The number of carbonyl (C=O) groups excluding carboxylic acids is 2. The average molecular weight is 294 g/mol. The quantitative estimate of drug-likeness (QED) is 0.746. The van der Waals surface area contributed by atoms with Crippen LogP contribution in [0.3, 0.4) is 0 Å². The largest absolute Gasteiger partial charge is 0.397 e. The second-order valence-corrected chi connectivity index (χ2v) is 5.74. The first-order chi connectivity index (χ1) is 9.56. The van der Waals surface area contributed by atoms with Crippen LogP contribution in [0.25, 0.3) is 0 Å². The Bertz CT molecular complexity index is 505. The molecule has 1 aromatic rings. The van der Waals surface area contributed by atoms with Crippen LogP contribution in [0.5, 0.6) is 0 Å². The zero-order valence-corrected chi connectivity index (χ0v) is 12.2. The van der Waals surface area contributed by atoms with Gasteiger partial charge in [0.2, 0.25) is 11.8 Å². The third-order valence-electron chi connectivity index (χ3n) is 2.88. The molecule has 6 nitrogen and oxygen atoms in total. The monoisotopic (exact) mass is 294 g/mol. The maximum absolute atomic E-state index is 11.9. The molecule has 1 heterocycles. The molecule has 2 amide bonds. The molecule has 0 bridgehead atoms. The van der Waals surface area contributed by atoms with E-state index in [0.29, 0.717) is 16.8 Å². The molecule has 108 valence electrons.